The van der Waals surface area contributed by atoms with Crippen LogP contribution in [-0.2, 0) is 0 Å². The number of nitrogens with zero attached hydrogens (tertiary/aromatic N) is 2. The Bertz CT molecular complexity index is 448. The van der Waals surface area contributed by atoms with Gasteiger partial charge in [-0.3, -0.25) is 10.1 Å². The van der Waals surface area contributed by atoms with E-state index in [1.54, 1.807) is 13.0 Å². The SMILES string of the molecule is Cc1ccc([N+](=O)[O-])c(NC(C)(CN)C(C)C)n1. The Hall–Kier alpha value is -1.69. The first kappa shape index (κ1) is 14.4. The standard InChI is InChI=1S/C12H20N4O2/c1-8(2)12(4,7-13)15-11-10(16(17)18)6-5-9(3)14-11/h5-6,8H,7,13H2,1-4H3,(H,14,15). The van der Waals surface area contributed by atoms with Gasteiger partial charge in [-0.05, 0) is 25.8 Å². The molecule has 0 saturated heterocycles. The van der Waals surface area contributed by atoms with Crippen molar-refractivity contribution in [2.45, 2.75) is 33.2 Å². The van der Waals surface area contributed by atoms with E-state index in [2.05, 4.69) is 10.3 Å². The number of nitrogens with two attached hydrogens (primary N) is 1. The molecule has 0 aliphatic rings. The molecule has 1 rings (SSSR count). The summed E-state index contributed by atoms with van der Waals surface area (Å²) in [4.78, 5) is 14.7. The van der Waals surface area contributed by atoms with Crippen LogP contribution in [0.4, 0.5) is 11.5 Å². The molecular weight excluding hydrogens is 232 g/mol. The molecule has 18 heavy (non-hydrogen) atoms. The third-order valence-electron chi connectivity index (χ3n) is 3.31. The molecule has 1 aromatic heterocycles. The summed E-state index contributed by atoms with van der Waals surface area (Å²) in [6.07, 6.45) is 0. The second kappa shape index (κ2) is 5.30. The van der Waals surface area contributed by atoms with Gasteiger partial charge in [-0.15, -0.1) is 0 Å². The van der Waals surface area contributed by atoms with E-state index in [1.807, 2.05) is 20.8 Å². The molecule has 1 heterocycles. The molecule has 6 heteroatoms. The van der Waals surface area contributed by atoms with Crippen LogP contribution in [0.3, 0.4) is 0 Å². The summed E-state index contributed by atoms with van der Waals surface area (Å²) in [6, 6.07) is 3.08. The maximum Gasteiger partial charge on any atom is 0.311 e. The van der Waals surface area contributed by atoms with Crippen molar-refractivity contribution < 1.29 is 4.92 Å². The summed E-state index contributed by atoms with van der Waals surface area (Å²) in [6.45, 7) is 8.13. The molecule has 1 atom stereocenters. The van der Waals surface area contributed by atoms with Gasteiger partial charge in [0.25, 0.3) is 0 Å². The van der Waals surface area contributed by atoms with Gasteiger partial charge < -0.3 is 11.1 Å². The molecule has 0 radical (unpaired) electrons. The lowest BCUT2D eigenvalue weighted by Gasteiger charge is -2.33. The second-order valence-electron chi connectivity index (χ2n) is 4.98. The van der Waals surface area contributed by atoms with E-state index >= 15 is 0 Å². The van der Waals surface area contributed by atoms with Crippen molar-refractivity contribution in [2.75, 3.05) is 11.9 Å². The van der Waals surface area contributed by atoms with Gasteiger partial charge in [0.15, 0.2) is 0 Å². The van der Waals surface area contributed by atoms with Crippen LogP contribution in [0, 0.1) is 23.0 Å². The van der Waals surface area contributed by atoms with E-state index in [0.29, 0.717) is 6.54 Å². The molecule has 0 bridgehead atoms. The maximum atomic E-state index is 11.0. The van der Waals surface area contributed by atoms with Crippen molar-refractivity contribution in [3.05, 3.63) is 27.9 Å². The Labute approximate surface area is 107 Å². The predicted octanol–water partition coefficient (Wildman–Crippen LogP) is 2.08. The molecule has 1 aromatic rings. The summed E-state index contributed by atoms with van der Waals surface area (Å²) in [7, 11) is 0. The molecule has 0 aromatic carbocycles. The third kappa shape index (κ3) is 2.95. The molecule has 0 amide bonds. The average Bonchev–Trinajstić information content (AvgIpc) is 2.28. The van der Waals surface area contributed by atoms with Crippen LogP contribution in [0.2, 0.25) is 0 Å². The van der Waals surface area contributed by atoms with Crippen molar-refractivity contribution in [2.24, 2.45) is 11.7 Å². The average molecular weight is 252 g/mol. The Kier molecular flexibility index (Phi) is 4.24. The van der Waals surface area contributed by atoms with Gasteiger partial charge in [0, 0.05) is 18.3 Å². The van der Waals surface area contributed by atoms with Gasteiger partial charge in [0.05, 0.1) is 10.5 Å². The number of nitro groups is 1. The molecule has 0 spiro atoms. The van der Waals surface area contributed by atoms with Crippen molar-refractivity contribution in [3.8, 4) is 0 Å². The fourth-order valence-electron chi connectivity index (χ4n) is 1.49. The first-order chi connectivity index (χ1) is 8.30. The number of nitrogens with one attached hydrogen (secondary N) is 1. The normalized spacial score (nSPS) is 14.3. The van der Waals surface area contributed by atoms with E-state index in [9.17, 15) is 10.1 Å². The first-order valence-corrected chi connectivity index (χ1v) is 5.90. The quantitative estimate of drug-likeness (QED) is 0.618. The van der Waals surface area contributed by atoms with Crippen LogP contribution < -0.4 is 11.1 Å². The van der Waals surface area contributed by atoms with Crippen LogP contribution in [0.15, 0.2) is 12.1 Å². The van der Waals surface area contributed by atoms with Crippen molar-refractivity contribution in [3.63, 3.8) is 0 Å². The number of aromatic nitrogens is 1. The minimum atomic E-state index is -0.438. The third-order valence-corrected chi connectivity index (χ3v) is 3.31. The van der Waals surface area contributed by atoms with Crippen LogP contribution in [0.1, 0.15) is 26.5 Å². The highest BCUT2D eigenvalue weighted by Crippen LogP contribution is 2.27. The zero-order valence-electron chi connectivity index (χ0n) is 11.2. The van der Waals surface area contributed by atoms with Crippen LogP contribution in [0.5, 0.6) is 0 Å². The molecule has 0 saturated carbocycles. The molecule has 3 N–H and O–H groups in total. The van der Waals surface area contributed by atoms with E-state index in [4.69, 9.17) is 5.73 Å². The fraction of sp³-hybridized carbons (Fsp3) is 0.583. The largest absolute Gasteiger partial charge is 0.358 e. The van der Waals surface area contributed by atoms with Gasteiger partial charge in [-0.25, -0.2) is 4.98 Å². The summed E-state index contributed by atoms with van der Waals surface area (Å²) < 4.78 is 0. The first-order valence-electron chi connectivity index (χ1n) is 5.90. The number of hydrogen-bond donors (Lipinski definition) is 2. The van der Waals surface area contributed by atoms with E-state index in [-0.39, 0.29) is 17.4 Å². The number of pyridine rings is 1. The lowest BCUT2D eigenvalue weighted by Crippen LogP contribution is -2.47. The molecule has 100 valence electrons. The highest BCUT2D eigenvalue weighted by Gasteiger charge is 2.29. The molecule has 6 nitrogen and oxygen atoms in total. The van der Waals surface area contributed by atoms with Gasteiger partial charge in [-0.1, -0.05) is 13.8 Å². The minimum Gasteiger partial charge on any atom is -0.358 e. The Balaban J connectivity index is 3.16. The van der Waals surface area contributed by atoms with E-state index < -0.39 is 10.5 Å². The summed E-state index contributed by atoms with van der Waals surface area (Å²) in [5.74, 6) is 0.506. The van der Waals surface area contributed by atoms with Gasteiger partial charge in [0.1, 0.15) is 0 Å². The van der Waals surface area contributed by atoms with Crippen LogP contribution in [-0.4, -0.2) is 22.0 Å². The number of anilines is 1. The monoisotopic (exact) mass is 252 g/mol. The molecule has 0 aliphatic carbocycles. The minimum absolute atomic E-state index is 0.0269. The van der Waals surface area contributed by atoms with Crippen LogP contribution in [0.25, 0.3) is 0 Å². The summed E-state index contributed by atoms with van der Waals surface area (Å²) >= 11 is 0. The van der Waals surface area contributed by atoms with E-state index in [1.165, 1.54) is 6.07 Å². The highest BCUT2D eigenvalue weighted by atomic mass is 16.6. The summed E-state index contributed by atoms with van der Waals surface area (Å²) in [5, 5.41) is 14.1. The van der Waals surface area contributed by atoms with Gasteiger partial charge in [0.2, 0.25) is 5.82 Å². The van der Waals surface area contributed by atoms with Gasteiger partial charge in [-0.2, -0.15) is 0 Å². The number of aryl methyl sites for hydroxylation is 1. The topological polar surface area (TPSA) is 94.1 Å². The van der Waals surface area contributed by atoms with Gasteiger partial charge >= 0.3 is 5.69 Å². The summed E-state index contributed by atoms with van der Waals surface area (Å²) in [5.41, 5.74) is 6.04. The Morgan fingerprint density at radius 1 is 1.56 bits per heavy atom. The maximum absolute atomic E-state index is 11.0. The molecule has 0 fully saturated rings. The lowest BCUT2D eigenvalue weighted by molar-refractivity contribution is -0.384. The highest BCUT2D eigenvalue weighted by molar-refractivity contribution is 5.57. The Morgan fingerprint density at radius 3 is 2.61 bits per heavy atom. The second-order valence-corrected chi connectivity index (χ2v) is 4.98. The lowest BCUT2D eigenvalue weighted by atomic mass is 9.88. The molecular formula is C12H20N4O2. The zero-order valence-corrected chi connectivity index (χ0v) is 11.2. The zero-order chi connectivity index (χ0) is 13.9. The smallest absolute Gasteiger partial charge is 0.311 e. The van der Waals surface area contributed by atoms with Crippen molar-refractivity contribution in [1.29, 1.82) is 0 Å². The van der Waals surface area contributed by atoms with E-state index in [0.717, 1.165) is 5.69 Å². The predicted molar refractivity (Wildman–Crippen MR) is 71.5 cm³/mol. The fourth-order valence-corrected chi connectivity index (χ4v) is 1.49. The number of rotatable bonds is 5. The number of hydrogen-bond acceptors (Lipinski definition) is 5. The Morgan fingerprint density at radius 2 is 2.17 bits per heavy atom. The molecule has 0 aliphatic heterocycles. The van der Waals surface area contributed by atoms with Crippen molar-refractivity contribution in [1.82, 2.24) is 4.98 Å². The van der Waals surface area contributed by atoms with Crippen LogP contribution >= 0.6 is 0 Å². The van der Waals surface area contributed by atoms with Crippen molar-refractivity contribution >= 4 is 11.5 Å². The molecule has 1 unspecified atom stereocenters.